The van der Waals surface area contributed by atoms with Crippen LogP contribution >= 0.6 is 0 Å². The lowest BCUT2D eigenvalue weighted by molar-refractivity contribution is -0.142. The summed E-state index contributed by atoms with van der Waals surface area (Å²) in [6.07, 6.45) is 3.60. The quantitative estimate of drug-likeness (QED) is 0.735. The van der Waals surface area contributed by atoms with Crippen LogP contribution in [0.4, 0.5) is 0 Å². The lowest BCUT2D eigenvalue weighted by atomic mass is 10.0. The van der Waals surface area contributed by atoms with Crippen molar-refractivity contribution < 1.29 is 19.1 Å². The molecule has 1 atom stereocenters. The van der Waals surface area contributed by atoms with Gasteiger partial charge in [-0.05, 0) is 31.7 Å². The Bertz CT molecular complexity index is 675. The molecule has 1 amide bonds. The highest BCUT2D eigenvalue weighted by atomic mass is 16.5. The lowest BCUT2D eigenvalue weighted by Crippen LogP contribution is -2.50. The van der Waals surface area contributed by atoms with Gasteiger partial charge in [0.25, 0.3) is 5.91 Å². The maximum atomic E-state index is 12.5. The first-order valence-corrected chi connectivity index (χ1v) is 9.45. The van der Waals surface area contributed by atoms with Gasteiger partial charge in [-0.15, -0.1) is 0 Å². The number of rotatable bonds is 3. The minimum absolute atomic E-state index is 0.167. The van der Waals surface area contributed by atoms with Crippen molar-refractivity contribution in [1.82, 2.24) is 19.6 Å². The topological polar surface area (TPSA) is 76.9 Å². The Hall–Kier alpha value is -1.93. The first kappa shape index (κ1) is 17.5. The number of amides is 1. The summed E-state index contributed by atoms with van der Waals surface area (Å²) < 4.78 is 12.2. The van der Waals surface area contributed by atoms with Crippen LogP contribution in [0.2, 0.25) is 0 Å². The Morgan fingerprint density at radius 1 is 1.19 bits per heavy atom. The van der Waals surface area contributed by atoms with Crippen molar-refractivity contribution in [3.8, 4) is 0 Å². The molecule has 0 aliphatic carbocycles. The third-order valence-electron chi connectivity index (χ3n) is 5.72. The summed E-state index contributed by atoms with van der Waals surface area (Å²) in [6.45, 7) is 4.79. The van der Waals surface area contributed by atoms with Gasteiger partial charge in [0.2, 0.25) is 0 Å². The van der Waals surface area contributed by atoms with E-state index in [2.05, 4.69) is 10.00 Å². The normalized spacial score (nSPS) is 24.5. The summed E-state index contributed by atoms with van der Waals surface area (Å²) in [7, 11) is 1.37. The molecule has 2 fully saturated rings. The second kappa shape index (κ2) is 7.36. The van der Waals surface area contributed by atoms with E-state index >= 15 is 0 Å². The third kappa shape index (κ3) is 3.35. The van der Waals surface area contributed by atoms with E-state index in [0.717, 1.165) is 64.1 Å². The zero-order chi connectivity index (χ0) is 18.1. The average molecular weight is 362 g/mol. The highest BCUT2D eigenvalue weighted by molar-refractivity contribution is 5.87. The van der Waals surface area contributed by atoms with Crippen molar-refractivity contribution in [2.45, 2.75) is 50.9 Å². The molecule has 4 rings (SSSR count). The maximum Gasteiger partial charge on any atom is 0.358 e. The molecule has 0 bridgehead atoms. The molecule has 8 heteroatoms. The van der Waals surface area contributed by atoms with E-state index in [-0.39, 0.29) is 18.0 Å². The molecule has 0 spiro atoms. The van der Waals surface area contributed by atoms with Gasteiger partial charge in [0.15, 0.2) is 5.69 Å². The van der Waals surface area contributed by atoms with Crippen molar-refractivity contribution in [2.24, 2.45) is 0 Å². The molecule has 0 radical (unpaired) electrons. The molecule has 0 saturated carbocycles. The number of fused-ring (bicyclic) bond motifs is 1. The Morgan fingerprint density at radius 3 is 2.69 bits per heavy atom. The highest BCUT2D eigenvalue weighted by Gasteiger charge is 2.33. The molecule has 1 unspecified atom stereocenters. The number of hydrogen-bond acceptors (Lipinski definition) is 6. The number of piperidine rings is 1. The van der Waals surface area contributed by atoms with Gasteiger partial charge in [0.1, 0.15) is 6.10 Å². The van der Waals surface area contributed by atoms with Gasteiger partial charge in [0.05, 0.1) is 19.3 Å². The zero-order valence-corrected chi connectivity index (χ0v) is 15.2. The van der Waals surface area contributed by atoms with E-state index in [4.69, 9.17) is 9.47 Å². The van der Waals surface area contributed by atoms with Crippen LogP contribution in [0.5, 0.6) is 0 Å². The number of hydrogen-bond donors (Lipinski definition) is 0. The summed E-state index contributed by atoms with van der Waals surface area (Å²) in [5, 5.41) is 4.33. The van der Waals surface area contributed by atoms with E-state index in [9.17, 15) is 9.59 Å². The number of esters is 1. The number of ether oxygens (including phenoxy) is 2. The highest BCUT2D eigenvalue weighted by Crippen LogP contribution is 2.24. The van der Waals surface area contributed by atoms with E-state index in [1.807, 2.05) is 15.6 Å². The molecule has 4 heterocycles. The number of aromatic nitrogens is 2. The number of carbonyl (C=O) groups excluding carboxylic acids is 2. The Kier molecular flexibility index (Phi) is 4.95. The summed E-state index contributed by atoms with van der Waals surface area (Å²) in [5.74, 6) is -0.222. The summed E-state index contributed by atoms with van der Waals surface area (Å²) >= 11 is 0. The maximum absolute atomic E-state index is 12.5. The van der Waals surface area contributed by atoms with E-state index in [1.54, 1.807) is 0 Å². The molecule has 3 aliphatic heterocycles. The first-order valence-electron chi connectivity index (χ1n) is 9.45. The molecular formula is C18H26N4O4. The molecule has 0 N–H and O–H groups in total. The van der Waals surface area contributed by atoms with Crippen LogP contribution in [0.3, 0.4) is 0 Å². The average Bonchev–Trinajstić information content (AvgIpc) is 3.36. The smallest absolute Gasteiger partial charge is 0.358 e. The molecule has 2 saturated heterocycles. The largest absolute Gasteiger partial charge is 0.464 e. The standard InChI is InChI=1S/C18H26N4O4/c1-25-18(24)15-11-14-12-21(8-9-22(14)19-15)13-4-6-20(7-5-13)17(23)16-3-2-10-26-16/h11,13,16H,2-10,12H2,1H3. The minimum atomic E-state index is -0.389. The Morgan fingerprint density at radius 2 is 2.00 bits per heavy atom. The van der Waals surface area contributed by atoms with Crippen LogP contribution in [-0.2, 0) is 27.4 Å². The molecule has 1 aromatic heterocycles. The van der Waals surface area contributed by atoms with Gasteiger partial charge >= 0.3 is 5.97 Å². The number of likely N-dealkylation sites (tertiary alicyclic amines) is 1. The predicted molar refractivity (Wildman–Crippen MR) is 92.6 cm³/mol. The fourth-order valence-electron chi connectivity index (χ4n) is 4.23. The SMILES string of the molecule is COC(=O)c1cc2n(n1)CCN(C1CCN(C(=O)C3CCCO3)CC1)C2. The first-order chi connectivity index (χ1) is 12.7. The predicted octanol–water partition coefficient (Wildman–Crippen LogP) is 0.655. The van der Waals surface area contributed by atoms with Crippen LogP contribution in [0.1, 0.15) is 41.9 Å². The van der Waals surface area contributed by atoms with Gasteiger partial charge in [-0.3, -0.25) is 14.4 Å². The van der Waals surface area contributed by atoms with E-state index in [1.165, 1.54) is 7.11 Å². The fourth-order valence-corrected chi connectivity index (χ4v) is 4.23. The summed E-state index contributed by atoms with van der Waals surface area (Å²) in [6, 6.07) is 2.29. The third-order valence-corrected chi connectivity index (χ3v) is 5.72. The minimum Gasteiger partial charge on any atom is -0.464 e. The molecule has 3 aliphatic rings. The lowest BCUT2D eigenvalue weighted by Gasteiger charge is -2.40. The van der Waals surface area contributed by atoms with E-state index < -0.39 is 0 Å². The molecule has 142 valence electrons. The van der Waals surface area contributed by atoms with Gasteiger partial charge in [-0.25, -0.2) is 4.79 Å². The van der Waals surface area contributed by atoms with Crippen molar-refractivity contribution in [3.05, 3.63) is 17.5 Å². The molecule has 26 heavy (non-hydrogen) atoms. The molecule has 1 aromatic rings. The van der Waals surface area contributed by atoms with Crippen molar-refractivity contribution in [2.75, 3.05) is 33.4 Å². The monoisotopic (exact) mass is 362 g/mol. The molecular weight excluding hydrogens is 336 g/mol. The summed E-state index contributed by atoms with van der Waals surface area (Å²) in [4.78, 5) is 28.6. The van der Waals surface area contributed by atoms with Gasteiger partial charge in [-0.2, -0.15) is 5.10 Å². The fraction of sp³-hybridized carbons (Fsp3) is 0.722. The second-order valence-electron chi connectivity index (χ2n) is 7.26. The van der Waals surface area contributed by atoms with E-state index in [0.29, 0.717) is 18.3 Å². The van der Waals surface area contributed by atoms with Crippen LogP contribution in [0, 0.1) is 0 Å². The van der Waals surface area contributed by atoms with Crippen LogP contribution in [0.25, 0.3) is 0 Å². The number of nitrogens with zero attached hydrogens (tertiary/aromatic N) is 4. The molecule has 8 nitrogen and oxygen atoms in total. The number of carbonyl (C=O) groups is 2. The number of methoxy groups -OCH3 is 1. The van der Waals surface area contributed by atoms with Crippen molar-refractivity contribution in [1.29, 1.82) is 0 Å². The van der Waals surface area contributed by atoms with Crippen LogP contribution < -0.4 is 0 Å². The van der Waals surface area contributed by atoms with Crippen LogP contribution in [-0.4, -0.2) is 77.0 Å². The van der Waals surface area contributed by atoms with Gasteiger partial charge in [-0.1, -0.05) is 0 Å². The Balaban J connectivity index is 1.33. The second-order valence-corrected chi connectivity index (χ2v) is 7.26. The van der Waals surface area contributed by atoms with Crippen LogP contribution in [0.15, 0.2) is 6.07 Å². The van der Waals surface area contributed by atoms with Crippen molar-refractivity contribution >= 4 is 11.9 Å². The summed E-state index contributed by atoms with van der Waals surface area (Å²) in [5.41, 5.74) is 1.43. The zero-order valence-electron chi connectivity index (χ0n) is 15.2. The van der Waals surface area contributed by atoms with Crippen molar-refractivity contribution in [3.63, 3.8) is 0 Å². The van der Waals surface area contributed by atoms with Gasteiger partial charge in [0, 0.05) is 38.8 Å². The van der Waals surface area contributed by atoms with Gasteiger partial charge < -0.3 is 14.4 Å². The Labute approximate surface area is 153 Å². The molecule has 0 aromatic carbocycles.